The third-order valence-electron chi connectivity index (χ3n) is 3.89. The van der Waals surface area contributed by atoms with Crippen molar-refractivity contribution >= 4 is 17.0 Å². The van der Waals surface area contributed by atoms with Crippen LogP contribution in [0.4, 0.5) is 11.5 Å². The first-order valence-corrected chi connectivity index (χ1v) is 7.78. The van der Waals surface area contributed by atoms with Gasteiger partial charge in [0.25, 0.3) is 0 Å². The van der Waals surface area contributed by atoms with Crippen LogP contribution in [0.1, 0.15) is 5.56 Å². The van der Waals surface area contributed by atoms with Crippen LogP contribution >= 0.6 is 0 Å². The number of rotatable bonds is 4. The second-order valence-electron chi connectivity index (χ2n) is 5.60. The van der Waals surface area contributed by atoms with Crippen molar-refractivity contribution in [1.29, 1.82) is 0 Å². The summed E-state index contributed by atoms with van der Waals surface area (Å²) in [6, 6.07) is 19.9. The lowest BCUT2D eigenvalue weighted by molar-refractivity contribution is 0.962. The van der Waals surface area contributed by atoms with Crippen LogP contribution in [-0.2, 0) is 6.54 Å². The summed E-state index contributed by atoms with van der Waals surface area (Å²) >= 11 is 0. The molecule has 5 heteroatoms. The van der Waals surface area contributed by atoms with Gasteiger partial charge < -0.3 is 11.1 Å². The lowest BCUT2D eigenvalue weighted by Gasteiger charge is -2.07. The van der Waals surface area contributed by atoms with E-state index in [4.69, 9.17) is 10.7 Å². The number of anilines is 2. The van der Waals surface area contributed by atoms with Gasteiger partial charge in [0, 0.05) is 24.0 Å². The Hall–Kier alpha value is -3.34. The summed E-state index contributed by atoms with van der Waals surface area (Å²) < 4.78 is 1.80. The number of hydrogen-bond acceptors (Lipinski definition) is 4. The summed E-state index contributed by atoms with van der Waals surface area (Å²) in [5, 5.41) is 7.72. The third kappa shape index (κ3) is 2.79. The molecule has 0 saturated carbocycles. The van der Waals surface area contributed by atoms with Gasteiger partial charge in [0.15, 0.2) is 0 Å². The number of nitrogens with zero attached hydrogens (tertiary/aromatic N) is 3. The zero-order valence-corrected chi connectivity index (χ0v) is 13.1. The van der Waals surface area contributed by atoms with Crippen LogP contribution in [-0.4, -0.2) is 14.6 Å². The quantitative estimate of drug-likeness (QED) is 0.604. The fourth-order valence-corrected chi connectivity index (χ4v) is 2.67. The first kappa shape index (κ1) is 14.3. The molecule has 0 spiro atoms. The molecule has 3 N–H and O–H groups in total. The van der Waals surface area contributed by atoms with Crippen molar-refractivity contribution in [3.8, 4) is 11.3 Å². The molecule has 0 bridgehead atoms. The number of benzene rings is 1. The number of aromatic nitrogens is 3. The van der Waals surface area contributed by atoms with E-state index in [1.807, 2.05) is 60.9 Å². The fourth-order valence-electron chi connectivity index (χ4n) is 2.67. The van der Waals surface area contributed by atoms with E-state index in [0.717, 1.165) is 29.1 Å². The summed E-state index contributed by atoms with van der Waals surface area (Å²) in [7, 11) is 0. The zero-order chi connectivity index (χ0) is 16.4. The Kier molecular flexibility index (Phi) is 3.59. The van der Waals surface area contributed by atoms with Crippen molar-refractivity contribution in [2.75, 3.05) is 11.1 Å². The highest BCUT2D eigenvalue weighted by molar-refractivity contribution is 5.80. The molecule has 0 unspecified atom stereocenters. The van der Waals surface area contributed by atoms with E-state index in [-0.39, 0.29) is 0 Å². The standard InChI is InChI=1S/C19H17N5/c20-15-9-10-24-18(11-15)16(13-22-24)17-7-4-8-19(23-17)21-12-14-5-2-1-3-6-14/h1-11,13H,12,20H2,(H,21,23). The molecular formula is C19H17N5. The summed E-state index contributed by atoms with van der Waals surface area (Å²) in [5.41, 5.74) is 10.6. The monoisotopic (exact) mass is 315 g/mol. The molecule has 3 heterocycles. The molecule has 0 atom stereocenters. The molecular weight excluding hydrogens is 298 g/mol. The second-order valence-corrected chi connectivity index (χ2v) is 5.60. The average molecular weight is 315 g/mol. The molecule has 1 aromatic carbocycles. The number of fused-ring (bicyclic) bond motifs is 1. The summed E-state index contributed by atoms with van der Waals surface area (Å²) in [6.45, 7) is 0.735. The van der Waals surface area contributed by atoms with E-state index in [0.29, 0.717) is 5.69 Å². The van der Waals surface area contributed by atoms with Crippen LogP contribution in [0.3, 0.4) is 0 Å². The molecule has 0 aliphatic heterocycles. The predicted molar refractivity (Wildman–Crippen MR) is 96.6 cm³/mol. The Bertz CT molecular complexity index is 975. The fraction of sp³-hybridized carbons (Fsp3) is 0.0526. The van der Waals surface area contributed by atoms with Crippen LogP contribution in [0.5, 0.6) is 0 Å². The zero-order valence-electron chi connectivity index (χ0n) is 13.1. The van der Waals surface area contributed by atoms with Crippen LogP contribution in [0.15, 0.2) is 73.1 Å². The molecule has 0 aliphatic rings. The Labute approximate surface area is 139 Å². The van der Waals surface area contributed by atoms with Crippen molar-refractivity contribution in [1.82, 2.24) is 14.6 Å². The van der Waals surface area contributed by atoms with E-state index in [1.54, 1.807) is 4.52 Å². The normalized spacial score (nSPS) is 10.8. The van der Waals surface area contributed by atoms with E-state index >= 15 is 0 Å². The molecule has 0 fully saturated rings. The minimum absolute atomic E-state index is 0.711. The first-order chi connectivity index (χ1) is 11.8. The van der Waals surface area contributed by atoms with E-state index in [9.17, 15) is 0 Å². The van der Waals surface area contributed by atoms with Crippen LogP contribution in [0.2, 0.25) is 0 Å². The number of nitrogens with two attached hydrogens (primary N) is 1. The molecule has 0 amide bonds. The number of pyridine rings is 2. The predicted octanol–water partition coefficient (Wildman–Crippen LogP) is 3.59. The third-order valence-corrected chi connectivity index (χ3v) is 3.89. The molecule has 3 aromatic heterocycles. The Morgan fingerprint density at radius 1 is 1.00 bits per heavy atom. The van der Waals surface area contributed by atoms with Gasteiger partial charge in [-0.2, -0.15) is 5.10 Å². The van der Waals surface area contributed by atoms with Crippen molar-refractivity contribution in [3.63, 3.8) is 0 Å². The van der Waals surface area contributed by atoms with Crippen molar-refractivity contribution in [2.45, 2.75) is 6.54 Å². The van der Waals surface area contributed by atoms with Crippen molar-refractivity contribution in [2.24, 2.45) is 0 Å². The molecule has 24 heavy (non-hydrogen) atoms. The Morgan fingerprint density at radius 2 is 1.88 bits per heavy atom. The van der Waals surface area contributed by atoms with Gasteiger partial charge in [-0.05, 0) is 29.8 Å². The smallest absolute Gasteiger partial charge is 0.126 e. The largest absolute Gasteiger partial charge is 0.399 e. The first-order valence-electron chi connectivity index (χ1n) is 7.78. The lowest BCUT2D eigenvalue weighted by atomic mass is 10.1. The van der Waals surface area contributed by atoms with Crippen LogP contribution in [0.25, 0.3) is 16.8 Å². The number of nitrogens with one attached hydrogen (secondary N) is 1. The van der Waals surface area contributed by atoms with Crippen LogP contribution in [0, 0.1) is 0 Å². The van der Waals surface area contributed by atoms with E-state index in [1.165, 1.54) is 5.56 Å². The van der Waals surface area contributed by atoms with E-state index < -0.39 is 0 Å². The number of nitrogen functional groups attached to an aromatic ring is 1. The van der Waals surface area contributed by atoms with Gasteiger partial charge in [-0.15, -0.1) is 0 Å². The van der Waals surface area contributed by atoms with Gasteiger partial charge >= 0.3 is 0 Å². The minimum Gasteiger partial charge on any atom is -0.399 e. The molecule has 118 valence electrons. The molecule has 4 rings (SSSR count). The van der Waals surface area contributed by atoms with E-state index in [2.05, 4.69) is 22.5 Å². The topological polar surface area (TPSA) is 68.2 Å². The highest BCUT2D eigenvalue weighted by atomic mass is 15.2. The highest BCUT2D eigenvalue weighted by Crippen LogP contribution is 2.25. The maximum atomic E-state index is 5.90. The maximum absolute atomic E-state index is 5.90. The van der Waals surface area contributed by atoms with Gasteiger partial charge in [0.05, 0.1) is 17.4 Å². The van der Waals surface area contributed by atoms with Crippen LogP contribution < -0.4 is 11.1 Å². The van der Waals surface area contributed by atoms with Gasteiger partial charge in [-0.1, -0.05) is 36.4 Å². The molecule has 0 radical (unpaired) electrons. The molecule has 5 nitrogen and oxygen atoms in total. The Morgan fingerprint density at radius 3 is 2.75 bits per heavy atom. The summed E-state index contributed by atoms with van der Waals surface area (Å²) in [5.74, 6) is 0.833. The highest BCUT2D eigenvalue weighted by Gasteiger charge is 2.09. The minimum atomic E-state index is 0.711. The maximum Gasteiger partial charge on any atom is 0.126 e. The second kappa shape index (κ2) is 6.04. The lowest BCUT2D eigenvalue weighted by Crippen LogP contribution is -2.01. The summed E-state index contributed by atoms with van der Waals surface area (Å²) in [4.78, 5) is 4.70. The van der Waals surface area contributed by atoms with Gasteiger partial charge in [0.1, 0.15) is 5.82 Å². The van der Waals surface area contributed by atoms with Gasteiger partial charge in [-0.25, -0.2) is 9.50 Å². The van der Waals surface area contributed by atoms with Crippen molar-refractivity contribution in [3.05, 3.63) is 78.6 Å². The molecule has 0 saturated heterocycles. The molecule has 0 aliphatic carbocycles. The number of hydrogen-bond donors (Lipinski definition) is 2. The Balaban J connectivity index is 1.63. The molecule has 4 aromatic rings. The van der Waals surface area contributed by atoms with Gasteiger partial charge in [0.2, 0.25) is 0 Å². The van der Waals surface area contributed by atoms with Gasteiger partial charge in [-0.3, -0.25) is 0 Å². The SMILES string of the molecule is Nc1ccn2ncc(-c3cccc(NCc4ccccc4)n3)c2c1. The average Bonchev–Trinajstić information content (AvgIpc) is 3.04. The van der Waals surface area contributed by atoms with Crippen molar-refractivity contribution < 1.29 is 0 Å². The summed E-state index contributed by atoms with van der Waals surface area (Å²) in [6.07, 6.45) is 3.67.